The summed E-state index contributed by atoms with van der Waals surface area (Å²) in [6, 6.07) is 12.8. The molecular formula is C14H13NO3S. The minimum atomic E-state index is -1.01. The number of carbonyl (C=O) groups is 2. The third-order valence-corrected chi connectivity index (χ3v) is 3.65. The molecular weight excluding hydrogens is 262 g/mol. The molecule has 0 aliphatic heterocycles. The van der Waals surface area contributed by atoms with E-state index in [1.54, 1.807) is 0 Å². The lowest BCUT2D eigenvalue weighted by molar-refractivity contribution is 0.0702. The molecule has 1 amide bonds. The Morgan fingerprint density at radius 1 is 1.05 bits per heavy atom. The van der Waals surface area contributed by atoms with Crippen molar-refractivity contribution in [2.24, 2.45) is 0 Å². The van der Waals surface area contributed by atoms with E-state index in [0.717, 1.165) is 23.3 Å². The molecule has 0 radical (unpaired) electrons. The summed E-state index contributed by atoms with van der Waals surface area (Å²) in [5.41, 5.74) is 1.15. The fourth-order valence-electron chi connectivity index (χ4n) is 1.63. The molecule has 0 atom stereocenters. The Hall–Kier alpha value is -2.14. The van der Waals surface area contributed by atoms with Gasteiger partial charge in [0.1, 0.15) is 4.88 Å². The second-order valence-corrected chi connectivity index (χ2v) is 5.04. The van der Waals surface area contributed by atoms with Gasteiger partial charge in [-0.1, -0.05) is 30.3 Å². The van der Waals surface area contributed by atoms with Crippen molar-refractivity contribution in [1.82, 2.24) is 5.32 Å². The van der Waals surface area contributed by atoms with Gasteiger partial charge in [-0.3, -0.25) is 4.79 Å². The molecule has 0 saturated carbocycles. The lowest BCUT2D eigenvalue weighted by Gasteiger charge is -2.03. The van der Waals surface area contributed by atoms with Gasteiger partial charge in [0.05, 0.1) is 4.88 Å². The van der Waals surface area contributed by atoms with Crippen LogP contribution in [0.4, 0.5) is 0 Å². The van der Waals surface area contributed by atoms with Crippen LogP contribution in [-0.2, 0) is 6.42 Å². The predicted octanol–water partition coefficient (Wildman–Crippen LogP) is 2.42. The molecule has 0 bridgehead atoms. The van der Waals surface area contributed by atoms with Crippen LogP contribution in [-0.4, -0.2) is 23.5 Å². The van der Waals surface area contributed by atoms with E-state index in [2.05, 4.69) is 5.32 Å². The van der Waals surface area contributed by atoms with Crippen molar-refractivity contribution in [2.75, 3.05) is 6.54 Å². The molecule has 19 heavy (non-hydrogen) atoms. The molecule has 2 aromatic rings. The van der Waals surface area contributed by atoms with Gasteiger partial charge in [0.15, 0.2) is 0 Å². The first kappa shape index (κ1) is 13.3. The highest BCUT2D eigenvalue weighted by atomic mass is 32.1. The smallest absolute Gasteiger partial charge is 0.345 e. The number of rotatable bonds is 5. The lowest BCUT2D eigenvalue weighted by Crippen LogP contribution is -2.24. The number of hydrogen-bond acceptors (Lipinski definition) is 3. The van der Waals surface area contributed by atoms with Gasteiger partial charge in [-0.2, -0.15) is 0 Å². The Morgan fingerprint density at radius 3 is 2.37 bits per heavy atom. The molecule has 0 unspecified atom stereocenters. The molecule has 0 fully saturated rings. The largest absolute Gasteiger partial charge is 0.477 e. The van der Waals surface area contributed by atoms with Gasteiger partial charge >= 0.3 is 5.97 Å². The molecule has 1 aromatic heterocycles. The van der Waals surface area contributed by atoms with E-state index in [-0.39, 0.29) is 10.8 Å². The molecule has 0 aliphatic carbocycles. The Morgan fingerprint density at radius 2 is 1.74 bits per heavy atom. The summed E-state index contributed by atoms with van der Waals surface area (Å²) >= 11 is 0.984. The van der Waals surface area contributed by atoms with E-state index in [1.807, 2.05) is 30.3 Å². The minimum Gasteiger partial charge on any atom is -0.477 e. The molecule has 0 aliphatic rings. The number of aromatic carboxylic acids is 1. The number of carboxylic acids is 1. The summed E-state index contributed by atoms with van der Waals surface area (Å²) < 4.78 is 0. The normalized spacial score (nSPS) is 10.1. The van der Waals surface area contributed by atoms with Crippen LogP contribution >= 0.6 is 11.3 Å². The maximum Gasteiger partial charge on any atom is 0.345 e. The number of carbonyl (C=O) groups excluding carboxylic acids is 1. The number of amides is 1. The van der Waals surface area contributed by atoms with Gasteiger partial charge in [0.25, 0.3) is 5.91 Å². The number of benzene rings is 1. The fraction of sp³-hybridized carbons (Fsp3) is 0.143. The molecule has 2 N–H and O–H groups in total. The standard InChI is InChI=1S/C14H13NO3S/c16-13(11-6-7-12(19-11)14(17)18)15-9-8-10-4-2-1-3-5-10/h1-7H,8-9H2,(H,15,16)(H,17,18). The molecule has 1 heterocycles. The molecule has 0 saturated heterocycles. The zero-order chi connectivity index (χ0) is 13.7. The van der Waals surface area contributed by atoms with Gasteiger partial charge in [0.2, 0.25) is 0 Å². The third kappa shape index (κ3) is 3.66. The van der Waals surface area contributed by atoms with Crippen LogP contribution in [0.5, 0.6) is 0 Å². The average molecular weight is 275 g/mol. The second-order valence-electron chi connectivity index (χ2n) is 3.96. The number of hydrogen-bond donors (Lipinski definition) is 2. The monoisotopic (exact) mass is 275 g/mol. The summed E-state index contributed by atoms with van der Waals surface area (Å²) in [5.74, 6) is -1.23. The quantitative estimate of drug-likeness (QED) is 0.880. The van der Waals surface area contributed by atoms with E-state index < -0.39 is 5.97 Å². The highest BCUT2D eigenvalue weighted by Gasteiger charge is 2.12. The molecule has 2 rings (SSSR count). The van der Waals surface area contributed by atoms with E-state index in [4.69, 9.17) is 5.11 Å². The molecule has 98 valence electrons. The molecule has 0 spiro atoms. The maximum atomic E-state index is 11.8. The van der Waals surface area contributed by atoms with Gasteiger partial charge in [0, 0.05) is 6.54 Å². The Kier molecular flexibility index (Phi) is 4.30. The second kappa shape index (κ2) is 6.15. The van der Waals surface area contributed by atoms with Crippen LogP contribution in [0.2, 0.25) is 0 Å². The zero-order valence-corrected chi connectivity index (χ0v) is 10.9. The van der Waals surface area contributed by atoms with E-state index in [0.29, 0.717) is 11.4 Å². The van der Waals surface area contributed by atoms with Crippen LogP contribution in [0, 0.1) is 0 Å². The van der Waals surface area contributed by atoms with Crippen LogP contribution in [0.3, 0.4) is 0 Å². The van der Waals surface area contributed by atoms with E-state index >= 15 is 0 Å². The van der Waals surface area contributed by atoms with E-state index in [9.17, 15) is 9.59 Å². The number of nitrogens with one attached hydrogen (secondary N) is 1. The van der Waals surface area contributed by atoms with Crippen molar-refractivity contribution in [3.63, 3.8) is 0 Å². The maximum absolute atomic E-state index is 11.8. The zero-order valence-electron chi connectivity index (χ0n) is 10.1. The average Bonchev–Trinajstić information content (AvgIpc) is 2.89. The number of carboxylic acid groups (broad SMARTS) is 1. The van der Waals surface area contributed by atoms with Crippen LogP contribution in [0.25, 0.3) is 0 Å². The van der Waals surface area contributed by atoms with Crippen molar-refractivity contribution in [3.8, 4) is 0 Å². The summed E-state index contributed by atoms with van der Waals surface area (Å²) in [6.45, 7) is 0.531. The Labute approximate surface area is 114 Å². The van der Waals surface area contributed by atoms with Crippen molar-refractivity contribution < 1.29 is 14.7 Å². The first-order valence-corrected chi connectivity index (χ1v) is 6.64. The SMILES string of the molecule is O=C(O)c1ccc(C(=O)NCCc2ccccc2)s1. The minimum absolute atomic E-state index is 0.174. The van der Waals surface area contributed by atoms with Crippen molar-refractivity contribution in [2.45, 2.75) is 6.42 Å². The summed E-state index contributed by atoms with van der Waals surface area (Å²) in [4.78, 5) is 23.1. The van der Waals surface area contributed by atoms with Crippen molar-refractivity contribution >= 4 is 23.2 Å². The topological polar surface area (TPSA) is 66.4 Å². The van der Waals surface area contributed by atoms with Gasteiger partial charge in [-0.15, -0.1) is 11.3 Å². The van der Waals surface area contributed by atoms with E-state index in [1.165, 1.54) is 12.1 Å². The molecule has 5 heteroatoms. The number of thiophene rings is 1. The van der Waals surface area contributed by atoms with Crippen LogP contribution in [0.1, 0.15) is 24.9 Å². The third-order valence-electron chi connectivity index (χ3n) is 2.58. The van der Waals surface area contributed by atoms with Crippen molar-refractivity contribution in [3.05, 3.63) is 57.8 Å². The fourth-order valence-corrected chi connectivity index (χ4v) is 2.39. The van der Waals surface area contributed by atoms with Crippen LogP contribution in [0.15, 0.2) is 42.5 Å². The first-order valence-electron chi connectivity index (χ1n) is 5.82. The summed E-state index contributed by atoms with van der Waals surface area (Å²) in [6.07, 6.45) is 0.754. The Bertz CT molecular complexity index is 577. The van der Waals surface area contributed by atoms with Gasteiger partial charge < -0.3 is 10.4 Å². The first-order chi connectivity index (χ1) is 9.16. The molecule has 1 aromatic carbocycles. The van der Waals surface area contributed by atoms with Gasteiger partial charge in [-0.25, -0.2) is 4.79 Å². The summed E-state index contributed by atoms with van der Waals surface area (Å²) in [7, 11) is 0. The Balaban J connectivity index is 1.85. The van der Waals surface area contributed by atoms with Crippen molar-refractivity contribution in [1.29, 1.82) is 0 Å². The van der Waals surface area contributed by atoms with Crippen LogP contribution < -0.4 is 5.32 Å². The lowest BCUT2D eigenvalue weighted by atomic mass is 10.1. The molecule has 4 nitrogen and oxygen atoms in total. The van der Waals surface area contributed by atoms with Gasteiger partial charge in [-0.05, 0) is 24.1 Å². The predicted molar refractivity (Wildman–Crippen MR) is 73.8 cm³/mol. The highest BCUT2D eigenvalue weighted by molar-refractivity contribution is 7.15. The summed E-state index contributed by atoms with van der Waals surface area (Å²) in [5, 5.41) is 11.6. The highest BCUT2D eigenvalue weighted by Crippen LogP contribution is 2.16.